The van der Waals surface area contributed by atoms with Crippen LogP contribution in [-0.2, 0) is 0 Å². The summed E-state index contributed by atoms with van der Waals surface area (Å²) in [4.78, 5) is 23.4. The predicted octanol–water partition coefficient (Wildman–Crippen LogP) is 2.11. The van der Waals surface area contributed by atoms with Crippen LogP contribution in [0.15, 0.2) is 23.0 Å². The van der Waals surface area contributed by atoms with E-state index >= 15 is 0 Å². The molecular formula is C12H14N2O2. The van der Waals surface area contributed by atoms with Gasteiger partial charge >= 0.3 is 0 Å². The largest absolute Gasteiger partial charge is 0.294 e. The molecule has 1 heterocycles. The molecule has 0 aliphatic carbocycles. The topological polar surface area (TPSA) is 54.9 Å². The summed E-state index contributed by atoms with van der Waals surface area (Å²) in [6.07, 6.45) is 0. The molecule has 0 aliphatic heterocycles. The molecule has 2 aromatic rings. The van der Waals surface area contributed by atoms with Gasteiger partial charge < -0.3 is 0 Å². The number of para-hydroxylation sites is 1. The van der Waals surface area contributed by atoms with Crippen LogP contribution in [0.2, 0.25) is 0 Å². The molecule has 1 aromatic heterocycles. The number of carbonyl (C=O) groups excluding carboxylic acids is 1. The van der Waals surface area contributed by atoms with Crippen LogP contribution in [-0.4, -0.2) is 15.6 Å². The standard InChI is InChI=1S/C12H14N2O2/c1-7(2)14-12(16)10-6-4-5-9(8(3)15)11(10)13-14/h4-7,13H,1-3H3. The van der Waals surface area contributed by atoms with Crippen molar-refractivity contribution in [3.05, 3.63) is 34.1 Å². The van der Waals surface area contributed by atoms with Gasteiger partial charge in [-0.05, 0) is 32.9 Å². The molecule has 0 spiro atoms. The van der Waals surface area contributed by atoms with Gasteiger partial charge in [0.2, 0.25) is 0 Å². The van der Waals surface area contributed by atoms with E-state index in [4.69, 9.17) is 0 Å². The molecule has 1 aromatic carbocycles. The average Bonchev–Trinajstić information content (AvgIpc) is 2.56. The maximum absolute atomic E-state index is 12.0. The summed E-state index contributed by atoms with van der Waals surface area (Å²) in [7, 11) is 0. The number of rotatable bonds is 2. The lowest BCUT2D eigenvalue weighted by molar-refractivity contribution is 0.101. The second kappa shape index (κ2) is 3.63. The summed E-state index contributed by atoms with van der Waals surface area (Å²) in [5.74, 6) is -0.0391. The number of benzene rings is 1. The fourth-order valence-corrected chi connectivity index (χ4v) is 1.81. The molecule has 0 aliphatic rings. The Morgan fingerprint density at radius 2 is 2.06 bits per heavy atom. The molecule has 0 unspecified atom stereocenters. The molecule has 2 rings (SSSR count). The van der Waals surface area contributed by atoms with E-state index < -0.39 is 0 Å². The van der Waals surface area contributed by atoms with Gasteiger partial charge in [-0.25, -0.2) is 4.68 Å². The molecule has 84 valence electrons. The SMILES string of the molecule is CC(=O)c1cccc2c(=O)n(C(C)C)[nH]c12. The number of aromatic amines is 1. The number of H-pyrrole nitrogens is 1. The number of hydrogen-bond donors (Lipinski definition) is 1. The molecular weight excluding hydrogens is 204 g/mol. The minimum absolute atomic E-state index is 0.0391. The summed E-state index contributed by atoms with van der Waals surface area (Å²) in [5, 5.41) is 3.57. The lowest BCUT2D eigenvalue weighted by Gasteiger charge is -2.03. The number of hydrogen-bond acceptors (Lipinski definition) is 2. The highest BCUT2D eigenvalue weighted by Gasteiger charge is 2.13. The minimum Gasteiger partial charge on any atom is -0.294 e. The highest BCUT2D eigenvalue weighted by atomic mass is 16.1. The van der Waals surface area contributed by atoms with Crippen LogP contribution in [0.3, 0.4) is 0 Å². The van der Waals surface area contributed by atoms with Crippen molar-refractivity contribution in [3.8, 4) is 0 Å². The first-order chi connectivity index (χ1) is 7.52. The third kappa shape index (κ3) is 1.46. The van der Waals surface area contributed by atoms with Crippen LogP contribution < -0.4 is 5.56 Å². The van der Waals surface area contributed by atoms with Crippen molar-refractivity contribution in [1.82, 2.24) is 9.78 Å². The molecule has 0 atom stereocenters. The highest BCUT2D eigenvalue weighted by molar-refractivity contribution is 6.05. The molecule has 0 saturated carbocycles. The summed E-state index contributed by atoms with van der Waals surface area (Å²) in [6, 6.07) is 5.25. The van der Waals surface area contributed by atoms with Gasteiger partial charge in [-0.2, -0.15) is 0 Å². The number of nitrogens with zero attached hydrogens (tertiary/aromatic N) is 1. The Labute approximate surface area is 92.9 Å². The number of fused-ring (bicyclic) bond motifs is 1. The van der Waals surface area contributed by atoms with Gasteiger partial charge in [0.1, 0.15) is 0 Å². The fourth-order valence-electron chi connectivity index (χ4n) is 1.81. The van der Waals surface area contributed by atoms with Crippen molar-refractivity contribution in [1.29, 1.82) is 0 Å². The quantitative estimate of drug-likeness (QED) is 0.785. The smallest absolute Gasteiger partial charge is 0.274 e. The Kier molecular flexibility index (Phi) is 2.42. The molecule has 4 nitrogen and oxygen atoms in total. The molecule has 0 fully saturated rings. The van der Waals surface area contributed by atoms with Gasteiger partial charge in [-0.3, -0.25) is 14.7 Å². The monoisotopic (exact) mass is 218 g/mol. The van der Waals surface area contributed by atoms with Gasteiger partial charge in [0.15, 0.2) is 5.78 Å². The normalized spacial score (nSPS) is 11.2. The maximum atomic E-state index is 12.0. The first kappa shape index (κ1) is 10.7. The second-order valence-electron chi connectivity index (χ2n) is 4.17. The van der Waals surface area contributed by atoms with Crippen LogP contribution in [0.5, 0.6) is 0 Å². The van der Waals surface area contributed by atoms with Crippen LogP contribution in [0.4, 0.5) is 0 Å². The molecule has 1 N–H and O–H groups in total. The molecule has 0 radical (unpaired) electrons. The van der Waals surface area contributed by atoms with E-state index in [0.717, 1.165) is 0 Å². The van der Waals surface area contributed by atoms with Crippen LogP contribution in [0.1, 0.15) is 37.2 Å². The molecule has 16 heavy (non-hydrogen) atoms. The van der Waals surface area contributed by atoms with E-state index in [1.807, 2.05) is 13.8 Å². The molecule has 4 heteroatoms. The minimum atomic E-state index is -0.0758. The summed E-state index contributed by atoms with van der Waals surface area (Å²) in [6.45, 7) is 5.34. The number of Topliss-reactive ketones (excluding diaryl/α,β-unsaturated/α-hetero) is 1. The first-order valence-corrected chi connectivity index (χ1v) is 5.26. The second-order valence-corrected chi connectivity index (χ2v) is 4.17. The summed E-state index contributed by atoms with van der Waals surface area (Å²) >= 11 is 0. The Morgan fingerprint density at radius 3 is 2.62 bits per heavy atom. The number of nitrogens with one attached hydrogen (secondary N) is 1. The highest BCUT2D eigenvalue weighted by Crippen LogP contribution is 2.15. The van der Waals surface area contributed by atoms with E-state index in [0.29, 0.717) is 16.5 Å². The van der Waals surface area contributed by atoms with E-state index in [9.17, 15) is 9.59 Å². The van der Waals surface area contributed by atoms with E-state index in [-0.39, 0.29) is 17.4 Å². The zero-order valence-electron chi connectivity index (χ0n) is 9.57. The van der Waals surface area contributed by atoms with Crippen molar-refractivity contribution >= 4 is 16.7 Å². The Morgan fingerprint density at radius 1 is 1.38 bits per heavy atom. The van der Waals surface area contributed by atoms with Crippen molar-refractivity contribution in [2.75, 3.05) is 0 Å². The average molecular weight is 218 g/mol. The lowest BCUT2D eigenvalue weighted by Crippen LogP contribution is -2.18. The number of carbonyl (C=O) groups is 1. The zero-order chi connectivity index (χ0) is 11.9. The Balaban J connectivity index is 2.86. The van der Waals surface area contributed by atoms with Gasteiger partial charge in [0, 0.05) is 11.6 Å². The first-order valence-electron chi connectivity index (χ1n) is 5.26. The van der Waals surface area contributed by atoms with Gasteiger partial charge in [-0.1, -0.05) is 6.07 Å². The molecule has 0 saturated heterocycles. The molecule has 0 amide bonds. The fraction of sp³-hybridized carbons (Fsp3) is 0.333. The van der Waals surface area contributed by atoms with Crippen molar-refractivity contribution in [2.45, 2.75) is 26.8 Å². The van der Waals surface area contributed by atoms with Crippen molar-refractivity contribution < 1.29 is 4.79 Å². The van der Waals surface area contributed by atoms with Gasteiger partial charge in [-0.15, -0.1) is 0 Å². The van der Waals surface area contributed by atoms with Crippen molar-refractivity contribution in [3.63, 3.8) is 0 Å². The third-order valence-electron chi connectivity index (χ3n) is 2.64. The lowest BCUT2D eigenvalue weighted by atomic mass is 10.1. The summed E-state index contributed by atoms with van der Waals surface area (Å²) < 4.78 is 1.54. The van der Waals surface area contributed by atoms with Gasteiger partial charge in [0.05, 0.1) is 10.9 Å². The number of aromatic nitrogens is 2. The maximum Gasteiger partial charge on any atom is 0.274 e. The summed E-state index contributed by atoms with van der Waals surface area (Å²) in [5.41, 5.74) is 1.12. The number of ketones is 1. The van der Waals surface area contributed by atoms with E-state index in [2.05, 4.69) is 5.10 Å². The zero-order valence-corrected chi connectivity index (χ0v) is 9.57. The van der Waals surface area contributed by atoms with Crippen LogP contribution in [0.25, 0.3) is 10.9 Å². The van der Waals surface area contributed by atoms with Crippen LogP contribution >= 0.6 is 0 Å². The van der Waals surface area contributed by atoms with Crippen molar-refractivity contribution in [2.24, 2.45) is 0 Å². The van der Waals surface area contributed by atoms with E-state index in [1.54, 1.807) is 18.2 Å². The van der Waals surface area contributed by atoms with Crippen LogP contribution in [0, 0.1) is 0 Å². The van der Waals surface area contributed by atoms with E-state index in [1.165, 1.54) is 11.6 Å². The Hall–Kier alpha value is -1.84. The third-order valence-corrected chi connectivity index (χ3v) is 2.64. The Bertz CT molecular complexity index is 605. The molecule has 0 bridgehead atoms. The van der Waals surface area contributed by atoms with Gasteiger partial charge in [0.25, 0.3) is 5.56 Å². The predicted molar refractivity (Wildman–Crippen MR) is 62.9 cm³/mol.